The highest BCUT2D eigenvalue weighted by Gasteiger charge is 2.21. The summed E-state index contributed by atoms with van der Waals surface area (Å²) < 4.78 is 5.43. The Bertz CT molecular complexity index is 430. The lowest BCUT2D eigenvalue weighted by atomic mass is 10.2. The quantitative estimate of drug-likeness (QED) is 0.874. The van der Waals surface area contributed by atoms with E-state index in [0.717, 1.165) is 38.5 Å². The van der Waals surface area contributed by atoms with Crippen molar-refractivity contribution in [1.29, 1.82) is 0 Å². The smallest absolute Gasteiger partial charge is 0.242 e. The Kier molecular flexibility index (Phi) is 5.00. The van der Waals surface area contributed by atoms with Gasteiger partial charge < -0.3 is 15.4 Å². The van der Waals surface area contributed by atoms with Crippen LogP contribution in [0.25, 0.3) is 0 Å². The molecule has 0 atom stereocenters. The fourth-order valence-electron chi connectivity index (χ4n) is 2.53. The average Bonchev–Trinajstić information content (AvgIpc) is 2.42. The van der Waals surface area contributed by atoms with Crippen LogP contribution in [0, 0.1) is 5.92 Å². The topological polar surface area (TPSA) is 67.5 Å². The van der Waals surface area contributed by atoms with E-state index >= 15 is 0 Å². The van der Waals surface area contributed by atoms with Crippen LogP contribution in [0.3, 0.4) is 0 Å². The number of rotatable bonds is 5. The van der Waals surface area contributed by atoms with Crippen molar-refractivity contribution in [2.45, 2.75) is 20.8 Å². The fourth-order valence-corrected chi connectivity index (χ4v) is 2.53. The molecule has 6 heteroatoms. The third-order valence-corrected chi connectivity index (χ3v) is 3.40. The number of anilines is 2. The Morgan fingerprint density at radius 1 is 1.25 bits per heavy atom. The van der Waals surface area contributed by atoms with E-state index in [9.17, 15) is 0 Å². The lowest BCUT2D eigenvalue weighted by molar-refractivity contribution is 0.231. The lowest BCUT2D eigenvalue weighted by Gasteiger charge is -2.36. The average molecular weight is 279 g/mol. The molecular formula is C14H25N5O. The van der Waals surface area contributed by atoms with E-state index in [4.69, 9.17) is 10.5 Å². The Morgan fingerprint density at radius 3 is 2.55 bits per heavy atom. The van der Waals surface area contributed by atoms with Gasteiger partial charge in [-0.25, -0.2) is 4.98 Å². The third kappa shape index (κ3) is 3.50. The number of ether oxygens (including phenoxy) is 1. The second-order valence-corrected chi connectivity index (χ2v) is 5.53. The number of nitrogens with zero attached hydrogens (tertiary/aromatic N) is 4. The molecule has 0 aromatic carbocycles. The van der Waals surface area contributed by atoms with Crippen molar-refractivity contribution in [3.63, 3.8) is 0 Å². The predicted octanol–water partition coefficient (Wildman–Crippen LogP) is 1.24. The third-order valence-electron chi connectivity index (χ3n) is 3.40. The highest BCUT2D eigenvalue weighted by atomic mass is 16.5. The van der Waals surface area contributed by atoms with Gasteiger partial charge in [-0.3, -0.25) is 4.90 Å². The van der Waals surface area contributed by atoms with E-state index in [0.29, 0.717) is 24.1 Å². The van der Waals surface area contributed by atoms with Crippen molar-refractivity contribution < 1.29 is 4.74 Å². The first-order valence-corrected chi connectivity index (χ1v) is 7.32. The van der Waals surface area contributed by atoms with Gasteiger partial charge in [-0.1, -0.05) is 13.8 Å². The number of hydrogen-bond donors (Lipinski definition) is 1. The number of nitrogen functional groups attached to an aromatic ring is 1. The van der Waals surface area contributed by atoms with Crippen molar-refractivity contribution in [3.8, 4) is 5.88 Å². The van der Waals surface area contributed by atoms with Crippen LogP contribution in [0.15, 0.2) is 6.33 Å². The predicted molar refractivity (Wildman–Crippen MR) is 81.1 cm³/mol. The second kappa shape index (κ2) is 6.74. The minimum atomic E-state index is 0.488. The molecule has 20 heavy (non-hydrogen) atoms. The zero-order valence-electron chi connectivity index (χ0n) is 12.7. The number of aromatic nitrogens is 2. The molecule has 6 nitrogen and oxygen atoms in total. The van der Waals surface area contributed by atoms with Crippen LogP contribution < -0.4 is 15.4 Å². The Labute approximate surface area is 120 Å². The van der Waals surface area contributed by atoms with E-state index in [1.165, 1.54) is 6.33 Å². The largest absolute Gasteiger partial charge is 0.476 e. The van der Waals surface area contributed by atoms with E-state index < -0.39 is 0 Å². The van der Waals surface area contributed by atoms with Gasteiger partial charge in [0.2, 0.25) is 5.88 Å². The maximum absolute atomic E-state index is 6.11. The lowest BCUT2D eigenvalue weighted by Crippen LogP contribution is -2.47. The van der Waals surface area contributed by atoms with Crippen LogP contribution in [0.2, 0.25) is 0 Å². The van der Waals surface area contributed by atoms with E-state index in [2.05, 4.69) is 33.6 Å². The van der Waals surface area contributed by atoms with Crippen molar-refractivity contribution in [2.24, 2.45) is 5.92 Å². The molecule has 1 aromatic heterocycles. The summed E-state index contributed by atoms with van der Waals surface area (Å²) >= 11 is 0. The van der Waals surface area contributed by atoms with Gasteiger partial charge in [0.25, 0.3) is 0 Å². The SMILES string of the molecule is CCOc1ncnc(N2CCN(CC(C)C)CC2)c1N. The molecule has 0 unspecified atom stereocenters. The van der Waals surface area contributed by atoms with Crippen molar-refractivity contribution in [3.05, 3.63) is 6.33 Å². The first-order chi connectivity index (χ1) is 9.61. The molecule has 112 valence electrons. The molecule has 2 N–H and O–H groups in total. The molecule has 1 aromatic rings. The van der Waals surface area contributed by atoms with Gasteiger partial charge in [-0.15, -0.1) is 0 Å². The first kappa shape index (κ1) is 14.8. The van der Waals surface area contributed by atoms with E-state index in [-0.39, 0.29) is 0 Å². The van der Waals surface area contributed by atoms with Gasteiger partial charge in [0.05, 0.1) is 6.61 Å². The van der Waals surface area contributed by atoms with Gasteiger partial charge in [0.1, 0.15) is 12.0 Å². The highest BCUT2D eigenvalue weighted by Crippen LogP contribution is 2.28. The number of piperazine rings is 1. The Hall–Kier alpha value is -1.56. The number of hydrogen-bond acceptors (Lipinski definition) is 6. The summed E-state index contributed by atoms with van der Waals surface area (Å²) in [6.07, 6.45) is 1.52. The molecule has 0 spiro atoms. The van der Waals surface area contributed by atoms with Crippen LogP contribution in [-0.2, 0) is 0 Å². The van der Waals surface area contributed by atoms with Crippen LogP contribution in [0.5, 0.6) is 5.88 Å². The molecule has 0 amide bonds. The summed E-state index contributed by atoms with van der Waals surface area (Å²) in [6, 6.07) is 0. The first-order valence-electron chi connectivity index (χ1n) is 7.32. The standard InChI is InChI=1S/C14H25N5O/c1-4-20-14-12(15)13(16-10-17-14)19-7-5-18(6-8-19)9-11(2)3/h10-11H,4-9,15H2,1-3H3. The van der Waals surface area contributed by atoms with E-state index in [1.54, 1.807) is 0 Å². The van der Waals surface area contributed by atoms with Crippen molar-refractivity contribution >= 4 is 11.5 Å². The Morgan fingerprint density at radius 2 is 1.95 bits per heavy atom. The minimum Gasteiger partial charge on any atom is -0.476 e. The molecule has 0 bridgehead atoms. The molecule has 1 aliphatic rings. The normalized spacial score (nSPS) is 16.7. The monoisotopic (exact) mass is 279 g/mol. The molecule has 0 aliphatic carbocycles. The number of nitrogens with two attached hydrogens (primary N) is 1. The van der Waals surface area contributed by atoms with Crippen molar-refractivity contribution in [2.75, 3.05) is 50.0 Å². The molecule has 0 saturated carbocycles. The van der Waals surface area contributed by atoms with Crippen LogP contribution >= 0.6 is 0 Å². The summed E-state index contributed by atoms with van der Waals surface area (Å²) in [4.78, 5) is 13.1. The van der Waals surface area contributed by atoms with Crippen LogP contribution in [0.1, 0.15) is 20.8 Å². The highest BCUT2D eigenvalue weighted by molar-refractivity contribution is 5.67. The van der Waals surface area contributed by atoms with E-state index in [1.807, 2.05) is 6.92 Å². The molecule has 1 saturated heterocycles. The Balaban J connectivity index is 2.01. The van der Waals surface area contributed by atoms with Crippen LogP contribution in [0.4, 0.5) is 11.5 Å². The molecule has 1 fully saturated rings. The summed E-state index contributed by atoms with van der Waals surface area (Å²) in [6.45, 7) is 12.1. The van der Waals surface area contributed by atoms with Gasteiger partial charge in [0.15, 0.2) is 5.82 Å². The fraction of sp³-hybridized carbons (Fsp3) is 0.714. The maximum Gasteiger partial charge on any atom is 0.242 e. The van der Waals surface area contributed by atoms with Crippen LogP contribution in [-0.4, -0.2) is 54.2 Å². The zero-order valence-corrected chi connectivity index (χ0v) is 12.7. The molecule has 0 radical (unpaired) electrons. The molecular weight excluding hydrogens is 254 g/mol. The maximum atomic E-state index is 6.11. The minimum absolute atomic E-state index is 0.488. The summed E-state index contributed by atoms with van der Waals surface area (Å²) in [5.41, 5.74) is 6.66. The molecule has 1 aliphatic heterocycles. The molecule has 2 heterocycles. The van der Waals surface area contributed by atoms with Gasteiger partial charge >= 0.3 is 0 Å². The van der Waals surface area contributed by atoms with Crippen molar-refractivity contribution in [1.82, 2.24) is 14.9 Å². The van der Waals surface area contributed by atoms with Gasteiger partial charge in [-0.05, 0) is 12.8 Å². The summed E-state index contributed by atoms with van der Waals surface area (Å²) in [7, 11) is 0. The zero-order chi connectivity index (χ0) is 14.5. The van der Waals surface area contributed by atoms with Gasteiger partial charge in [0, 0.05) is 32.7 Å². The second-order valence-electron chi connectivity index (χ2n) is 5.53. The van der Waals surface area contributed by atoms with Gasteiger partial charge in [-0.2, -0.15) is 4.98 Å². The molecule has 2 rings (SSSR count). The summed E-state index contributed by atoms with van der Waals surface area (Å²) in [5, 5.41) is 0. The summed E-state index contributed by atoms with van der Waals surface area (Å²) in [5.74, 6) is 1.99.